The van der Waals surface area contributed by atoms with Gasteiger partial charge in [0.25, 0.3) is 0 Å². The molecule has 0 aromatic rings. The maximum absolute atomic E-state index is 10.8. The van der Waals surface area contributed by atoms with E-state index in [4.69, 9.17) is 19.6 Å². The first-order chi connectivity index (χ1) is 12.8. The van der Waals surface area contributed by atoms with Gasteiger partial charge in [-0.25, -0.2) is 4.57 Å². The van der Waals surface area contributed by atoms with Crippen LogP contribution in [0, 0.1) is 10.8 Å². The van der Waals surface area contributed by atoms with Gasteiger partial charge < -0.3 is 19.6 Å². The number of ether oxygens (including phenoxy) is 1. The van der Waals surface area contributed by atoms with Crippen molar-refractivity contribution >= 4 is 13.8 Å². The number of aliphatic carboxylic acids is 1. The van der Waals surface area contributed by atoms with E-state index in [9.17, 15) is 9.36 Å². The van der Waals surface area contributed by atoms with Crippen LogP contribution >= 0.6 is 7.82 Å². The Labute approximate surface area is 170 Å². The zero-order valence-electron chi connectivity index (χ0n) is 18.1. The van der Waals surface area contributed by atoms with E-state index in [1.54, 1.807) is 0 Å². The highest BCUT2D eigenvalue weighted by Crippen LogP contribution is 2.36. The topological polar surface area (TPSA) is 113 Å². The molecule has 0 aliphatic carbocycles. The summed E-state index contributed by atoms with van der Waals surface area (Å²) in [5.74, 6) is -0.737. The van der Waals surface area contributed by atoms with E-state index in [1.165, 1.54) is 0 Å². The van der Waals surface area contributed by atoms with Crippen LogP contribution in [-0.4, -0.2) is 40.7 Å². The van der Waals surface area contributed by atoms with Gasteiger partial charge in [0.1, 0.15) is 0 Å². The molecule has 7 nitrogen and oxygen atoms in total. The lowest BCUT2D eigenvalue weighted by atomic mass is 9.82. The number of carbonyl (C=O) groups is 1. The predicted octanol–water partition coefficient (Wildman–Crippen LogP) is 5.15. The Hall–Kier alpha value is -0.460. The van der Waals surface area contributed by atoms with E-state index < -0.39 is 13.8 Å². The van der Waals surface area contributed by atoms with Crippen molar-refractivity contribution < 1.29 is 33.5 Å². The molecular weight excluding hydrogens is 383 g/mol. The fourth-order valence-electron chi connectivity index (χ4n) is 3.23. The van der Waals surface area contributed by atoms with Crippen LogP contribution in [0.4, 0.5) is 0 Å². The third-order valence-corrected chi connectivity index (χ3v) is 5.44. The standard InChI is InChI=1S/C20H41O7P/c1-19(2,12-7-10-16-27-28(23,24)25)11-5-8-14-26-15-9-6-13-20(3,4)17-18(21)22/h5-17H2,1-4H3,(H,21,22)(H2,23,24,25). The van der Waals surface area contributed by atoms with Crippen LogP contribution in [0.15, 0.2) is 0 Å². The summed E-state index contributed by atoms with van der Waals surface area (Å²) in [5.41, 5.74) is 0.0528. The lowest BCUT2D eigenvalue weighted by Gasteiger charge is -2.24. The van der Waals surface area contributed by atoms with Gasteiger partial charge in [-0.15, -0.1) is 0 Å². The first-order valence-electron chi connectivity index (χ1n) is 10.3. The normalized spacial score (nSPS) is 13.1. The highest BCUT2D eigenvalue weighted by atomic mass is 31.2. The number of carboxylic acid groups (broad SMARTS) is 1. The molecule has 3 N–H and O–H groups in total. The molecule has 0 aromatic carbocycles. The number of phosphoric acid groups is 1. The second-order valence-corrected chi connectivity index (χ2v) is 10.4. The van der Waals surface area contributed by atoms with Crippen LogP contribution in [0.3, 0.4) is 0 Å². The number of phosphoric ester groups is 1. The van der Waals surface area contributed by atoms with E-state index in [-0.39, 0.29) is 23.9 Å². The molecule has 28 heavy (non-hydrogen) atoms. The summed E-state index contributed by atoms with van der Waals surface area (Å²) >= 11 is 0. The third-order valence-electron chi connectivity index (χ3n) is 4.92. The second kappa shape index (κ2) is 13.7. The monoisotopic (exact) mass is 424 g/mol. The highest BCUT2D eigenvalue weighted by Gasteiger charge is 2.21. The fourth-order valence-corrected chi connectivity index (χ4v) is 3.60. The second-order valence-electron chi connectivity index (χ2n) is 9.21. The Kier molecular flexibility index (Phi) is 13.5. The molecule has 0 rings (SSSR count). The Balaban J connectivity index is 3.58. The number of hydrogen-bond donors (Lipinski definition) is 3. The quantitative estimate of drug-likeness (QED) is 0.206. The van der Waals surface area contributed by atoms with Crippen molar-refractivity contribution in [2.75, 3.05) is 19.8 Å². The van der Waals surface area contributed by atoms with Crippen LogP contribution in [-0.2, 0) is 18.6 Å². The smallest absolute Gasteiger partial charge is 0.469 e. The molecule has 0 bridgehead atoms. The molecule has 0 aliphatic rings. The van der Waals surface area contributed by atoms with Gasteiger partial charge in [-0.3, -0.25) is 9.32 Å². The largest absolute Gasteiger partial charge is 0.481 e. The molecular formula is C20H41O7P. The number of rotatable bonds is 18. The number of carboxylic acids is 1. The summed E-state index contributed by atoms with van der Waals surface area (Å²) in [6.45, 7) is 10.0. The molecule has 0 amide bonds. The minimum absolute atomic E-state index is 0.0989. The summed E-state index contributed by atoms with van der Waals surface area (Å²) in [7, 11) is -4.33. The Morgan fingerprint density at radius 2 is 1.21 bits per heavy atom. The summed E-state index contributed by atoms with van der Waals surface area (Å²) < 4.78 is 20.7. The average molecular weight is 425 g/mol. The first kappa shape index (κ1) is 27.5. The van der Waals surface area contributed by atoms with Gasteiger partial charge in [-0.2, -0.15) is 0 Å². The van der Waals surface area contributed by atoms with E-state index in [0.717, 1.165) is 64.6 Å². The lowest BCUT2D eigenvalue weighted by molar-refractivity contribution is -0.139. The van der Waals surface area contributed by atoms with E-state index in [2.05, 4.69) is 18.4 Å². The minimum atomic E-state index is -4.33. The van der Waals surface area contributed by atoms with Gasteiger partial charge in [0.05, 0.1) is 13.0 Å². The third kappa shape index (κ3) is 18.9. The SMILES string of the molecule is CC(C)(CCCCOCCCCC(C)(C)CC(=O)O)CCCCOP(=O)(O)O. The van der Waals surface area contributed by atoms with Crippen molar-refractivity contribution in [1.82, 2.24) is 0 Å². The van der Waals surface area contributed by atoms with Crippen molar-refractivity contribution in [2.24, 2.45) is 10.8 Å². The van der Waals surface area contributed by atoms with Crippen LogP contribution < -0.4 is 0 Å². The number of unbranched alkanes of at least 4 members (excludes halogenated alkanes) is 3. The molecule has 0 atom stereocenters. The van der Waals surface area contributed by atoms with E-state index in [0.29, 0.717) is 6.42 Å². The zero-order valence-corrected chi connectivity index (χ0v) is 19.0. The molecule has 168 valence electrons. The molecule has 0 aromatic heterocycles. The zero-order chi connectivity index (χ0) is 21.7. The first-order valence-corrected chi connectivity index (χ1v) is 11.9. The number of hydrogen-bond acceptors (Lipinski definition) is 4. The molecule has 0 radical (unpaired) electrons. The summed E-state index contributed by atoms with van der Waals surface area (Å²) in [6.07, 6.45) is 8.82. The van der Waals surface area contributed by atoms with Crippen molar-refractivity contribution in [1.29, 1.82) is 0 Å². The van der Waals surface area contributed by atoms with Gasteiger partial charge in [0.2, 0.25) is 0 Å². The van der Waals surface area contributed by atoms with Crippen molar-refractivity contribution in [3.05, 3.63) is 0 Å². The van der Waals surface area contributed by atoms with Crippen LogP contribution in [0.1, 0.15) is 91.9 Å². The van der Waals surface area contributed by atoms with Crippen molar-refractivity contribution in [3.63, 3.8) is 0 Å². The molecule has 0 unspecified atom stereocenters. The van der Waals surface area contributed by atoms with Crippen LogP contribution in [0.25, 0.3) is 0 Å². The molecule has 0 heterocycles. The van der Waals surface area contributed by atoms with Crippen LogP contribution in [0.2, 0.25) is 0 Å². The van der Waals surface area contributed by atoms with Gasteiger partial charge in [-0.05, 0) is 49.4 Å². The van der Waals surface area contributed by atoms with Gasteiger partial charge in [0.15, 0.2) is 0 Å². The van der Waals surface area contributed by atoms with Crippen LogP contribution in [0.5, 0.6) is 0 Å². The van der Waals surface area contributed by atoms with Gasteiger partial charge in [-0.1, -0.05) is 47.0 Å². The molecule has 0 saturated heterocycles. The Bertz CT molecular complexity index is 471. The minimum Gasteiger partial charge on any atom is -0.481 e. The maximum atomic E-state index is 10.8. The average Bonchev–Trinajstić information content (AvgIpc) is 2.50. The van der Waals surface area contributed by atoms with E-state index >= 15 is 0 Å². The highest BCUT2D eigenvalue weighted by molar-refractivity contribution is 7.46. The molecule has 8 heteroatoms. The molecule has 0 spiro atoms. The van der Waals surface area contributed by atoms with Crippen molar-refractivity contribution in [3.8, 4) is 0 Å². The predicted molar refractivity (Wildman–Crippen MR) is 110 cm³/mol. The van der Waals surface area contributed by atoms with Crippen molar-refractivity contribution in [2.45, 2.75) is 91.9 Å². The Morgan fingerprint density at radius 1 is 0.786 bits per heavy atom. The van der Waals surface area contributed by atoms with Gasteiger partial charge >= 0.3 is 13.8 Å². The molecule has 0 fully saturated rings. The summed E-state index contributed by atoms with van der Waals surface area (Å²) in [4.78, 5) is 28.1. The molecule has 0 saturated carbocycles. The summed E-state index contributed by atoms with van der Waals surface area (Å²) in [5, 5.41) is 8.87. The fraction of sp³-hybridized carbons (Fsp3) is 0.950. The molecule has 0 aliphatic heterocycles. The lowest BCUT2D eigenvalue weighted by Crippen LogP contribution is -2.16. The summed E-state index contributed by atoms with van der Waals surface area (Å²) in [6, 6.07) is 0. The maximum Gasteiger partial charge on any atom is 0.469 e. The van der Waals surface area contributed by atoms with Gasteiger partial charge in [0, 0.05) is 13.2 Å². The Morgan fingerprint density at radius 3 is 1.64 bits per heavy atom. The van der Waals surface area contributed by atoms with E-state index in [1.807, 2.05) is 13.8 Å².